The molecule has 8 nitrogen and oxygen atoms in total. The zero-order valence-corrected chi connectivity index (χ0v) is 28.4. The van der Waals surface area contributed by atoms with Crippen LogP contribution in [0.5, 0.6) is 11.5 Å². The maximum Gasteiger partial charge on any atom is 0.244 e. The van der Waals surface area contributed by atoms with Crippen molar-refractivity contribution >= 4 is 35.3 Å². The van der Waals surface area contributed by atoms with E-state index in [1.54, 1.807) is 36.4 Å². The summed E-state index contributed by atoms with van der Waals surface area (Å²) >= 11 is 0. The molecule has 4 aromatic rings. The lowest BCUT2D eigenvalue weighted by Crippen LogP contribution is -2.32. The van der Waals surface area contributed by atoms with Gasteiger partial charge in [-0.15, -0.1) is 0 Å². The van der Waals surface area contributed by atoms with Gasteiger partial charge in [0.1, 0.15) is 36.3 Å². The molecule has 0 bridgehead atoms. The largest absolute Gasteiger partial charge is 0.490 e. The number of halogens is 2. The second kappa shape index (κ2) is 17.1. The molecular formula is C40H42F2N4O4. The van der Waals surface area contributed by atoms with Gasteiger partial charge in [0.05, 0.1) is 30.0 Å². The van der Waals surface area contributed by atoms with Crippen LogP contribution in [-0.4, -0.2) is 44.7 Å². The molecule has 6 rings (SSSR count). The molecule has 0 saturated carbocycles. The van der Waals surface area contributed by atoms with Crippen molar-refractivity contribution < 1.29 is 27.8 Å². The lowest BCUT2D eigenvalue weighted by Gasteiger charge is -2.31. The number of hydrogen-bond acceptors (Lipinski definition) is 6. The Morgan fingerprint density at radius 3 is 1.90 bits per heavy atom. The van der Waals surface area contributed by atoms with E-state index in [-0.39, 0.29) is 35.5 Å². The van der Waals surface area contributed by atoms with E-state index in [9.17, 15) is 18.4 Å². The van der Waals surface area contributed by atoms with Crippen molar-refractivity contribution in [3.05, 3.63) is 131 Å². The third-order valence-corrected chi connectivity index (χ3v) is 8.36. The molecule has 2 atom stereocenters. The number of benzene rings is 4. The summed E-state index contributed by atoms with van der Waals surface area (Å²) in [6, 6.07) is 24.1. The van der Waals surface area contributed by atoms with Gasteiger partial charge in [-0.1, -0.05) is 48.5 Å². The van der Waals surface area contributed by atoms with Gasteiger partial charge < -0.3 is 30.3 Å². The topological polar surface area (TPSA) is 91.9 Å². The van der Waals surface area contributed by atoms with Crippen LogP contribution < -0.4 is 30.3 Å². The first-order valence-electron chi connectivity index (χ1n) is 16.7. The fourth-order valence-corrected chi connectivity index (χ4v) is 5.56. The van der Waals surface area contributed by atoms with Crippen LogP contribution in [0.4, 0.5) is 20.2 Å². The molecule has 2 aliphatic rings. The first-order valence-corrected chi connectivity index (χ1v) is 16.7. The number of hydrogen-bond donors (Lipinski definition) is 3. The van der Waals surface area contributed by atoms with E-state index in [0.29, 0.717) is 24.3 Å². The van der Waals surface area contributed by atoms with E-state index in [1.807, 2.05) is 44.2 Å². The van der Waals surface area contributed by atoms with E-state index in [4.69, 9.17) is 9.47 Å². The normalized spacial score (nSPS) is 14.5. The maximum atomic E-state index is 13.6. The molecule has 10 heteroatoms. The summed E-state index contributed by atoms with van der Waals surface area (Å²) in [6.45, 7) is 9.82. The van der Waals surface area contributed by atoms with Crippen molar-refractivity contribution in [1.29, 1.82) is 0 Å². The number of likely N-dealkylation sites (N-methyl/N-ethyl adjacent to an activating group) is 1. The number of ether oxygens (including phenoxy) is 2. The molecule has 0 radical (unpaired) electrons. The number of carbonyl (C=O) groups is 2. The third-order valence-electron chi connectivity index (χ3n) is 8.36. The minimum Gasteiger partial charge on any atom is -0.490 e. The van der Waals surface area contributed by atoms with Gasteiger partial charge in [0.25, 0.3) is 0 Å². The Bertz CT molecular complexity index is 1860. The van der Waals surface area contributed by atoms with Crippen molar-refractivity contribution in [2.45, 2.75) is 32.9 Å². The highest BCUT2D eigenvalue weighted by Crippen LogP contribution is 2.34. The predicted molar refractivity (Wildman–Crippen MR) is 194 cm³/mol. The average Bonchev–Trinajstić information content (AvgIpc) is 3.13. The molecule has 260 valence electrons. The smallest absolute Gasteiger partial charge is 0.244 e. The van der Waals surface area contributed by atoms with Gasteiger partial charge >= 0.3 is 0 Å². The van der Waals surface area contributed by atoms with Crippen molar-refractivity contribution in [3.8, 4) is 11.5 Å². The fourth-order valence-electron chi connectivity index (χ4n) is 5.56. The van der Waals surface area contributed by atoms with Crippen LogP contribution in [0.1, 0.15) is 55.1 Å². The molecule has 0 aromatic heterocycles. The van der Waals surface area contributed by atoms with Crippen LogP contribution in [0.25, 0.3) is 12.2 Å². The van der Waals surface area contributed by atoms with Crippen molar-refractivity contribution in [1.82, 2.24) is 10.6 Å². The van der Waals surface area contributed by atoms with Crippen LogP contribution in [-0.2, 0) is 9.59 Å². The number of nitrogens with one attached hydrogen (secondary N) is 3. The highest BCUT2D eigenvalue weighted by molar-refractivity contribution is 5.92. The highest BCUT2D eigenvalue weighted by Gasteiger charge is 2.19. The monoisotopic (exact) mass is 680 g/mol. The molecule has 2 amide bonds. The second-order valence-electron chi connectivity index (χ2n) is 11.9. The van der Waals surface area contributed by atoms with Crippen LogP contribution in [0.3, 0.4) is 0 Å². The Morgan fingerprint density at radius 2 is 1.32 bits per heavy atom. The lowest BCUT2D eigenvalue weighted by molar-refractivity contribution is -0.117. The third kappa shape index (κ3) is 9.49. The van der Waals surface area contributed by atoms with Gasteiger partial charge in [-0.3, -0.25) is 9.59 Å². The van der Waals surface area contributed by atoms with Crippen LogP contribution >= 0.6 is 0 Å². The van der Waals surface area contributed by atoms with E-state index in [0.717, 1.165) is 53.6 Å². The van der Waals surface area contributed by atoms with E-state index >= 15 is 0 Å². The summed E-state index contributed by atoms with van der Waals surface area (Å²) in [5.74, 6) is 0.465. The van der Waals surface area contributed by atoms with Crippen molar-refractivity contribution in [3.63, 3.8) is 0 Å². The Kier molecular flexibility index (Phi) is 12.2. The fraction of sp³-hybridized carbons (Fsp3) is 0.250. The summed E-state index contributed by atoms with van der Waals surface area (Å²) in [5.41, 5.74) is 4.73. The first-order chi connectivity index (χ1) is 24.2. The summed E-state index contributed by atoms with van der Waals surface area (Å²) in [4.78, 5) is 26.5. The SMILES string of the molecule is CC(NC(=O)/C=C/c1ccccc1F)c1ccc2c(c1)NCCO2.CCN1CCOc2ccc(C(C)NC(=O)/C=C/c3ccccc3F)cc21. The predicted octanol–water partition coefficient (Wildman–Crippen LogP) is 7.46. The summed E-state index contributed by atoms with van der Waals surface area (Å²) in [7, 11) is 0. The summed E-state index contributed by atoms with van der Waals surface area (Å²) < 4.78 is 38.4. The molecule has 2 unspecified atom stereocenters. The number of amides is 2. The van der Waals surface area contributed by atoms with Crippen molar-refractivity contribution in [2.24, 2.45) is 0 Å². The molecule has 0 aliphatic carbocycles. The number of nitrogens with zero attached hydrogens (tertiary/aromatic N) is 1. The number of anilines is 2. The lowest BCUT2D eigenvalue weighted by atomic mass is 10.1. The molecule has 0 saturated heterocycles. The minimum atomic E-state index is -0.352. The molecule has 3 N–H and O–H groups in total. The molecule has 2 aliphatic heterocycles. The van der Waals surface area contributed by atoms with Gasteiger partial charge in [-0.2, -0.15) is 0 Å². The first kappa shape index (κ1) is 35.7. The Balaban J connectivity index is 0.000000195. The van der Waals surface area contributed by atoms with Crippen LogP contribution in [0.15, 0.2) is 97.1 Å². The Morgan fingerprint density at radius 1 is 0.780 bits per heavy atom. The number of rotatable bonds is 9. The molecular weight excluding hydrogens is 638 g/mol. The second-order valence-corrected chi connectivity index (χ2v) is 11.9. The van der Waals surface area contributed by atoms with Crippen molar-refractivity contribution in [2.75, 3.05) is 43.1 Å². The minimum absolute atomic E-state index is 0.168. The average molecular weight is 681 g/mol. The maximum absolute atomic E-state index is 13.6. The van der Waals surface area contributed by atoms with Gasteiger partial charge in [0.2, 0.25) is 11.8 Å². The standard InChI is InChI=1S/C21H23FN2O2.C19H19FN2O2/c1-3-24-12-13-26-20-10-8-17(14-19(20)24)15(2)23-21(25)11-9-16-6-4-5-7-18(16)22;1-13(15-6-8-18-17(12-15)21-10-11-24-18)22-19(23)9-7-14-4-2-3-5-16(14)20/h4-11,14-15H,3,12-13H2,1-2H3,(H,23,25);2-9,12-13,21H,10-11H2,1H3,(H,22,23)/b11-9+;9-7+. The van der Waals surface area contributed by atoms with Gasteiger partial charge in [-0.25, -0.2) is 8.78 Å². The Labute approximate surface area is 291 Å². The van der Waals surface area contributed by atoms with Gasteiger partial charge in [-0.05, 0) is 80.4 Å². The number of carbonyl (C=O) groups excluding carboxylic acids is 2. The molecule has 0 fully saturated rings. The number of fused-ring (bicyclic) bond motifs is 2. The molecule has 0 spiro atoms. The quantitative estimate of drug-likeness (QED) is 0.159. The summed E-state index contributed by atoms with van der Waals surface area (Å²) in [6.07, 6.45) is 5.65. The molecule has 4 aromatic carbocycles. The van der Waals surface area contributed by atoms with E-state index in [2.05, 4.69) is 33.8 Å². The zero-order chi connectivity index (χ0) is 35.5. The van der Waals surface area contributed by atoms with Gasteiger partial charge in [0, 0.05) is 36.4 Å². The highest BCUT2D eigenvalue weighted by atomic mass is 19.1. The Hall–Kier alpha value is -5.64. The van der Waals surface area contributed by atoms with E-state index in [1.165, 1.54) is 36.4 Å². The van der Waals surface area contributed by atoms with E-state index < -0.39 is 0 Å². The van der Waals surface area contributed by atoms with Crippen LogP contribution in [0, 0.1) is 11.6 Å². The zero-order valence-electron chi connectivity index (χ0n) is 28.4. The molecule has 50 heavy (non-hydrogen) atoms. The summed E-state index contributed by atoms with van der Waals surface area (Å²) in [5, 5.41) is 9.06. The van der Waals surface area contributed by atoms with Crippen LogP contribution in [0.2, 0.25) is 0 Å². The van der Waals surface area contributed by atoms with Gasteiger partial charge in [0.15, 0.2) is 0 Å². The molecule has 2 heterocycles.